The van der Waals surface area contributed by atoms with Crippen LogP contribution in [0.15, 0.2) is 18.2 Å². The lowest BCUT2D eigenvalue weighted by atomic mass is 10.0. The summed E-state index contributed by atoms with van der Waals surface area (Å²) in [6.07, 6.45) is 1.75. The zero-order valence-electron chi connectivity index (χ0n) is 12.3. The van der Waals surface area contributed by atoms with Gasteiger partial charge in [-0.25, -0.2) is 0 Å². The maximum Gasteiger partial charge on any atom is 0.322 e. The highest BCUT2D eigenvalue weighted by Crippen LogP contribution is 2.26. The van der Waals surface area contributed by atoms with Gasteiger partial charge in [0.15, 0.2) is 0 Å². The van der Waals surface area contributed by atoms with Gasteiger partial charge < -0.3 is 20.1 Å². The second-order valence-electron chi connectivity index (χ2n) is 4.87. The van der Waals surface area contributed by atoms with Gasteiger partial charge in [0.05, 0.1) is 13.7 Å². The van der Waals surface area contributed by atoms with Gasteiger partial charge in [0.2, 0.25) is 5.91 Å². The van der Waals surface area contributed by atoms with Crippen LogP contribution in [0.5, 0.6) is 5.75 Å². The topological polar surface area (TPSA) is 76.7 Å². The SMILES string of the molecule is CNC(CCOc1ccc2c(c1)CCC(=O)N2)C(=O)OC. The van der Waals surface area contributed by atoms with Crippen LogP contribution in [0.2, 0.25) is 0 Å². The molecule has 2 N–H and O–H groups in total. The van der Waals surface area contributed by atoms with Crippen molar-refractivity contribution in [3.63, 3.8) is 0 Å². The molecule has 0 saturated heterocycles. The molecule has 0 aromatic heterocycles. The molecule has 0 fully saturated rings. The quantitative estimate of drug-likeness (QED) is 0.768. The van der Waals surface area contributed by atoms with Gasteiger partial charge in [0, 0.05) is 18.5 Å². The maximum atomic E-state index is 11.4. The van der Waals surface area contributed by atoms with Crippen LogP contribution in [0, 0.1) is 0 Å². The highest BCUT2D eigenvalue weighted by atomic mass is 16.5. The number of aryl methyl sites for hydroxylation is 1. The zero-order valence-corrected chi connectivity index (χ0v) is 12.3. The Morgan fingerprint density at radius 2 is 2.24 bits per heavy atom. The molecule has 1 heterocycles. The third kappa shape index (κ3) is 3.95. The van der Waals surface area contributed by atoms with E-state index in [0.717, 1.165) is 23.4 Å². The first-order valence-corrected chi connectivity index (χ1v) is 6.94. The van der Waals surface area contributed by atoms with E-state index < -0.39 is 0 Å². The van der Waals surface area contributed by atoms with Crippen molar-refractivity contribution in [2.75, 3.05) is 26.1 Å². The summed E-state index contributed by atoms with van der Waals surface area (Å²) in [5.74, 6) is 0.491. The summed E-state index contributed by atoms with van der Waals surface area (Å²) in [5.41, 5.74) is 1.92. The summed E-state index contributed by atoms with van der Waals surface area (Å²) in [5, 5.41) is 5.72. The monoisotopic (exact) mass is 292 g/mol. The number of ether oxygens (including phenoxy) is 2. The number of nitrogens with one attached hydrogen (secondary N) is 2. The Kier molecular flexibility index (Phi) is 5.16. The lowest BCUT2D eigenvalue weighted by molar-refractivity contribution is -0.143. The lowest BCUT2D eigenvalue weighted by Gasteiger charge is -2.18. The summed E-state index contributed by atoms with van der Waals surface area (Å²) in [6.45, 7) is 0.408. The predicted molar refractivity (Wildman–Crippen MR) is 78.4 cm³/mol. The molecule has 6 nitrogen and oxygen atoms in total. The number of benzene rings is 1. The molecule has 1 atom stereocenters. The highest BCUT2D eigenvalue weighted by molar-refractivity contribution is 5.94. The molecule has 0 radical (unpaired) electrons. The Hall–Kier alpha value is -2.08. The second-order valence-corrected chi connectivity index (χ2v) is 4.87. The van der Waals surface area contributed by atoms with Gasteiger partial charge in [-0.2, -0.15) is 0 Å². The van der Waals surface area contributed by atoms with Gasteiger partial charge >= 0.3 is 5.97 Å². The fraction of sp³-hybridized carbons (Fsp3) is 0.467. The molecule has 6 heteroatoms. The van der Waals surface area contributed by atoms with E-state index in [1.54, 1.807) is 7.05 Å². The molecule has 0 spiro atoms. The molecule has 0 saturated carbocycles. The Labute approximate surface area is 123 Å². The van der Waals surface area contributed by atoms with Crippen LogP contribution in [0.25, 0.3) is 0 Å². The van der Waals surface area contributed by atoms with Crippen molar-refractivity contribution in [2.45, 2.75) is 25.3 Å². The third-order valence-corrected chi connectivity index (χ3v) is 3.48. The molecule has 2 rings (SSSR count). The normalized spacial score (nSPS) is 14.9. The summed E-state index contributed by atoms with van der Waals surface area (Å²) >= 11 is 0. The van der Waals surface area contributed by atoms with Gasteiger partial charge in [0.1, 0.15) is 11.8 Å². The Morgan fingerprint density at radius 3 is 2.95 bits per heavy atom. The zero-order chi connectivity index (χ0) is 15.2. The van der Waals surface area contributed by atoms with Crippen LogP contribution in [-0.2, 0) is 20.7 Å². The molecule has 1 aromatic rings. The fourth-order valence-electron chi connectivity index (χ4n) is 2.27. The summed E-state index contributed by atoms with van der Waals surface area (Å²) < 4.78 is 10.4. The molecule has 1 aromatic carbocycles. The first kappa shape index (κ1) is 15.3. The van der Waals surface area contributed by atoms with Crippen molar-refractivity contribution in [3.8, 4) is 5.75 Å². The Balaban J connectivity index is 1.89. The number of carbonyl (C=O) groups is 2. The highest BCUT2D eigenvalue weighted by Gasteiger charge is 2.17. The average molecular weight is 292 g/mol. The first-order valence-electron chi connectivity index (χ1n) is 6.94. The van der Waals surface area contributed by atoms with E-state index in [4.69, 9.17) is 9.47 Å². The van der Waals surface area contributed by atoms with Crippen LogP contribution >= 0.6 is 0 Å². The van der Waals surface area contributed by atoms with E-state index in [2.05, 4.69) is 10.6 Å². The van der Waals surface area contributed by atoms with Gasteiger partial charge in [-0.3, -0.25) is 9.59 Å². The number of anilines is 1. The smallest absolute Gasteiger partial charge is 0.322 e. The summed E-state index contributed by atoms with van der Waals surface area (Å²) in [7, 11) is 3.08. The predicted octanol–water partition coefficient (Wildman–Crippen LogP) is 1.10. The van der Waals surface area contributed by atoms with E-state index in [1.165, 1.54) is 7.11 Å². The van der Waals surface area contributed by atoms with Gasteiger partial charge in [-0.15, -0.1) is 0 Å². The van der Waals surface area contributed by atoms with Gasteiger partial charge in [-0.1, -0.05) is 0 Å². The standard InChI is InChI=1S/C15H20N2O4/c1-16-13(15(19)20-2)7-8-21-11-4-5-12-10(9-11)3-6-14(18)17-12/h4-5,9,13,16H,3,6-8H2,1-2H3,(H,17,18). The molecule has 1 unspecified atom stereocenters. The average Bonchev–Trinajstić information content (AvgIpc) is 2.51. The molecular formula is C15H20N2O4. The number of carbonyl (C=O) groups excluding carboxylic acids is 2. The van der Waals surface area contributed by atoms with Crippen molar-refractivity contribution < 1.29 is 19.1 Å². The van der Waals surface area contributed by atoms with Crippen LogP contribution in [-0.4, -0.2) is 38.7 Å². The number of likely N-dealkylation sites (N-methyl/N-ethyl adjacent to an activating group) is 1. The summed E-state index contributed by atoms with van der Waals surface area (Å²) in [6, 6.07) is 5.22. The van der Waals surface area contributed by atoms with Crippen molar-refractivity contribution in [1.29, 1.82) is 0 Å². The number of methoxy groups -OCH3 is 1. The minimum Gasteiger partial charge on any atom is -0.494 e. The molecule has 1 aliphatic rings. The molecule has 21 heavy (non-hydrogen) atoms. The number of fused-ring (bicyclic) bond motifs is 1. The second kappa shape index (κ2) is 7.08. The Bertz CT molecular complexity index is 530. The lowest BCUT2D eigenvalue weighted by Crippen LogP contribution is -2.36. The van der Waals surface area contributed by atoms with E-state index in [9.17, 15) is 9.59 Å². The number of hydrogen-bond donors (Lipinski definition) is 2. The first-order chi connectivity index (χ1) is 10.1. The maximum absolute atomic E-state index is 11.4. The van der Waals surface area contributed by atoms with E-state index in [-0.39, 0.29) is 17.9 Å². The largest absolute Gasteiger partial charge is 0.494 e. The van der Waals surface area contributed by atoms with Crippen molar-refractivity contribution >= 4 is 17.6 Å². The number of amides is 1. The number of hydrogen-bond acceptors (Lipinski definition) is 5. The number of rotatable bonds is 6. The molecule has 0 aliphatic carbocycles. The van der Waals surface area contributed by atoms with Crippen molar-refractivity contribution in [1.82, 2.24) is 5.32 Å². The van der Waals surface area contributed by atoms with Gasteiger partial charge in [-0.05, 0) is 37.2 Å². The van der Waals surface area contributed by atoms with Crippen LogP contribution < -0.4 is 15.4 Å². The van der Waals surface area contributed by atoms with Crippen LogP contribution in [0.4, 0.5) is 5.69 Å². The minimum atomic E-state index is -0.369. The van der Waals surface area contributed by atoms with Crippen molar-refractivity contribution in [3.05, 3.63) is 23.8 Å². The van der Waals surface area contributed by atoms with Crippen molar-refractivity contribution in [2.24, 2.45) is 0 Å². The van der Waals surface area contributed by atoms with Gasteiger partial charge in [0.25, 0.3) is 0 Å². The Morgan fingerprint density at radius 1 is 1.43 bits per heavy atom. The molecule has 0 bridgehead atoms. The van der Waals surface area contributed by atoms with E-state index in [1.807, 2.05) is 18.2 Å². The van der Waals surface area contributed by atoms with Crippen LogP contribution in [0.3, 0.4) is 0 Å². The molecule has 1 aliphatic heterocycles. The molecule has 114 valence electrons. The minimum absolute atomic E-state index is 0.0473. The third-order valence-electron chi connectivity index (χ3n) is 3.48. The summed E-state index contributed by atoms with van der Waals surface area (Å²) in [4.78, 5) is 22.7. The number of esters is 1. The van der Waals surface area contributed by atoms with E-state index in [0.29, 0.717) is 19.4 Å². The molecule has 1 amide bonds. The van der Waals surface area contributed by atoms with E-state index >= 15 is 0 Å². The van der Waals surface area contributed by atoms with Crippen LogP contribution in [0.1, 0.15) is 18.4 Å². The molecular weight excluding hydrogens is 272 g/mol. The fourth-order valence-corrected chi connectivity index (χ4v) is 2.27.